The number of carboxylic acid groups (broad SMARTS) is 6. The fourth-order valence-corrected chi connectivity index (χ4v) is 16.8. The van der Waals surface area contributed by atoms with Gasteiger partial charge in [0.25, 0.3) is 0 Å². The van der Waals surface area contributed by atoms with E-state index in [4.69, 9.17) is 94.3 Å². The third-order valence-electron chi connectivity index (χ3n) is 16.9. The summed E-state index contributed by atoms with van der Waals surface area (Å²) in [4.78, 5) is 192. The minimum absolute atomic E-state index is 0.00309. The van der Waals surface area contributed by atoms with Crippen LogP contribution in [0.15, 0.2) is 0 Å². The van der Waals surface area contributed by atoms with Crippen LogP contribution in [0.4, 0.5) is 0 Å². The molecular weight excluding hydrogens is 1410 g/mol. The van der Waals surface area contributed by atoms with E-state index in [1.165, 1.54) is 20.8 Å². The van der Waals surface area contributed by atoms with Gasteiger partial charge < -0.3 is 104 Å². The Morgan fingerprint density at radius 1 is 0.400 bits per heavy atom. The van der Waals surface area contributed by atoms with E-state index in [1.54, 1.807) is 90.0 Å². The zero-order valence-electron chi connectivity index (χ0n) is 57.4. The molecule has 95 heavy (non-hydrogen) atoms. The second-order valence-electron chi connectivity index (χ2n) is 22.2. The summed E-state index contributed by atoms with van der Waals surface area (Å²) in [7, 11) is -29.7. The largest absolute Gasteiger partial charge is 0.481 e. The van der Waals surface area contributed by atoms with Gasteiger partial charge in [0, 0.05) is 6.16 Å². The molecule has 0 bridgehead atoms. The monoisotopic (exact) mass is 1530 g/mol. The van der Waals surface area contributed by atoms with Gasteiger partial charge in [-0.25, -0.2) is 0 Å². The van der Waals surface area contributed by atoms with Crippen LogP contribution >= 0.6 is 53.2 Å². The lowest BCUT2D eigenvalue weighted by Gasteiger charge is -2.33. The molecule has 0 aromatic heterocycles. The second kappa shape index (κ2) is 46.7. The minimum Gasteiger partial charge on any atom is -0.481 e. The van der Waals surface area contributed by atoms with Crippen molar-refractivity contribution in [2.45, 2.75) is 229 Å². The van der Waals surface area contributed by atoms with Gasteiger partial charge in [-0.05, 0) is 117 Å². The molecule has 0 heterocycles. The molecule has 42 heteroatoms. The lowest BCUT2D eigenvalue weighted by atomic mass is 9.78. The molecule has 0 aromatic rings. The average Bonchev–Trinajstić information content (AvgIpc) is 0.791. The number of aliphatic carboxylic acids is 6. The first-order valence-electron chi connectivity index (χ1n) is 30.4. The van der Waals surface area contributed by atoms with Crippen LogP contribution in [0.2, 0.25) is 0 Å². The fraction of sp³-hybridized carbons (Fsp3) is 0.868. The number of carbonyl (C=O) groups is 7. The summed E-state index contributed by atoms with van der Waals surface area (Å²) in [5.41, 5.74) is -5.56. The van der Waals surface area contributed by atoms with Crippen LogP contribution in [-0.2, 0) is 74.8 Å². The molecule has 0 aliphatic heterocycles. The number of ether oxygens (including phenoxy) is 1. The average molecular weight is 1530 g/mol. The standard InChI is InChI=1S/C9H19O5P.3C8H17O5P.2C7H15O5P.C6H13O5P/c1-3-9(4-2,8(10)11)6-5-7-15(12,13)14;1-4-8(5-2,7(9)10)6(3)14(11,12)13;1-4-6(3)8(5-2,7(9)10)14(11,12)13;1-3-8(4-2,7(9)10)5-6-14(11,12)13;1-3-7(4-2,6(8)9)5-13(10,11)12;1-3-5-7(4-2,6(8)9)13(10,11)12;1-3-10-6(7)5-12(8,9)11-4-2/h3-7H2,1-2H3,(H,10,11)(H2,12,13,14);2*6H,4-5H2,1-3H3,(H,9,10)(H2,11,12,13);3-6H2,1-2H3,(H,9,10)(H2,11,12,13);2*3-5H2,1-2H3,(H,8,9)(H2,10,11,12);3-5H2,1-2H3,(H,8,9). The first kappa shape index (κ1) is 106. The molecule has 0 aromatic carbocycles. The Balaban J connectivity index is -0.000000190. The molecule has 0 spiro atoms. The maximum Gasteiger partial charge on any atom is 0.343 e. The highest BCUT2D eigenvalue weighted by molar-refractivity contribution is 7.55. The van der Waals surface area contributed by atoms with Crippen molar-refractivity contribution < 1.29 is 169 Å². The summed E-state index contributed by atoms with van der Waals surface area (Å²) >= 11 is 0. The van der Waals surface area contributed by atoms with E-state index in [0.717, 1.165) is 0 Å². The van der Waals surface area contributed by atoms with Gasteiger partial charge in [-0.3, -0.25) is 65.5 Å². The molecule has 0 aliphatic rings. The Kier molecular flexibility index (Phi) is 52.0. The maximum absolute atomic E-state index is 11.2. The van der Waals surface area contributed by atoms with Crippen LogP contribution in [0, 0.1) is 27.6 Å². The van der Waals surface area contributed by atoms with Gasteiger partial charge in [0.15, 0.2) is 10.3 Å². The fourth-order valence-electron chi connectivity index (χ4n) is 9.50. The maximum atomic E-state index is 11.2. The predicted octanol–water partition coefficient (Wildman–Crippen LogP) is 9.19. The summed E-state index contributed by atoms with van der Waals surface area (Å²) < 4.78 is 85.1. The molecule has 35 nitrogen and oxygen atoms in total. The Morgan fingerprint density at radius 3 is 0.947 bits per heavy atom. The summed E-state index contributed by atoms with van der Waals surface area (Å²) in [6.07, 6.45) is 2.21. The summed E-state index contributed by atoms with van der Waals surface area (Å²) in [5.74, 6) is -8.22. The molecule has 0 radical (unpaired) electrons. The van der Waals surface area contributed by atoms with E-state index in [-0.39, 0.29) is 83.3 Å². The van der Waals surface area contributed by atoms with Crippen molar-refractivity contribution in [1.82, 2.24) is 0 Å². The van der Waals surface area contributed by atoms with Crippen LogP contribution in [0.5, 0.6) is 0 Å². The predicted molar refractivity (Wildman–Crippen MR) is 351 cm³/mol. The molecule has 0 saturated heterocycles. The molecule has 0 saturated carbocycles. The molecule has 0 rings (SSSR count). The Morgan fingerprint density at radius 2 is 0.779 bits per heavy atom. The van der Waals surface area contributed by atoms with Gasteiger partial charge in [-0.1, -0.05) is 103 Å². The molecule has 0 amide bonds. The molecule has 0 fully saturated rings. The van der Waals surface area contributed by atoms with Crippen molar-refractivity contribution in [2.24, 2.45) is 27.6 Å². The van der Waals surface area contributed by atoms with E-state index < -0.39 is 151 Å². The van der Waals surface area contributed by atoms with Crippen LogP contribution in [0.1, 0.15) is 214 Å². The highest BCUT2D eigenvalue weighted by atomic mass is 31.2. The van der Waals surface area contributed by atoms with Gasteiger partial charge >= 0.3 is 95.0 Å². The van der Waals surface area contributed by atoms with Crippen LogP contribution in [-0.4, -0.2) is 190 Å². The van der Waals surface area contributed by atoms with E-state index in [2.05, 4.69) is 9.26 Å². The lowest BCUT2D eigenvalue weighted by molar-refractivity contribution is -0.150. The molecule has 5 unspecified atom stereocenters. The van der Waals surface area contributed by atoms with Crippen molar-refractivity contribution in [3.8, 4) is 0 Å². The number of carboxylic acids is 6. The zero-order valence-corrected chi connectivity index (χ0v) is 63.6. The molecule has 570 valence electrons. The van der Waals surface area contributed by atoms with Gasteiger partial charge in [0.05, 0.1) is 52.9 Å². The summed E-state index contributed by atoms with van der Waals surface area (Å²) in [6, 6.07) is 0. The number of esters is 1. The van der Waals surface area contributed by atoms with Crippen molar-refractivity contribution in [3.05, 3.63) is 0 Å². The SMILES string of the molecule is CCC(C)C(CC)(C(=O)O)P(=O)(O)O.CCC(CC)(C(=O)O)C(C)P(=O)(O)O.CCC(CC)(CCCP(=O)(O)O)C(=O)O.CCC(CC)(CCP(=O)(O)O)C(=O)O.CCC(CC)(CP(=O)(O)O)C(=O)O.CCCC(CC)(C(=O)O)P(=O)(O)O.CCOC(=O)CP(=O)(O)OCC. The first-order valence-corrected chi connectivity index (χ1v) is 42.5. The normalized spacial score (nSPS) is 14.9. The van der Waals surface area contributed by atoms with E-state index >= 15 is 0 Å². The summed E-state index contributed by atoms with van der Waals surface area (Å²) in [6.45, 7) is 26.2. The number of carbonyl (C=O) groups excluding carboxylic acids is 1. The van der Waals surface area contributed by atoms with Crippen LogP contribution in [0.25, 0.3) is 0 Å². The van der Waals surface area contributed by atoms with Crippen molar-refractivity contribution in [3.63, 3.8) is 0 Å². The van der Waals surface area contributed by atoms with Crippen LogP contribution in [0.3, 0.4) is 0 Å². The van der Waals surface area contributed by atoms with E-state index in [9.17, 15) is 65.5 Å². The number of hydrogen-bond acceptors (Lipinski definition) is 16. The lowest BCUT2D eigenvalue weighted by Crippen LogP contribution is -2.43. The van der Waals surface area contributed by atoms with Crippen molar-refractivity contribution in [1.29, 1.82) is 0 Å². The third kappa shape index (κ3) is 38.1. The highest BCUT2D eigenvalue weighted by Crippen LogP contribution is 2.58. The second-order valence-corrected chi connectivity index (χ2v) is 35.0. The van der Waals surface area contributed by atoms with Gasteiger partial charge in [0.2, 0.25) is 0 Å². The highest BCUT2D eigenvalue weighted by Gasteiger charge is 2.56. The smallest absolute Gasteiger partial charge is 0.343 e. The van der Waals surface area contributed by atoms with Gasteiger partial charge in [-0.2, -0.15) is 0 Å². The van der Waals surface area contributed by atoms with Crippen molar-refractivity contribution in [2.75, 3.05) is 37.9 Å². The Hall–Kier alpha value is -2.66. The van der Waals surface area contributed by atoms with E-state index in [1.807, 2.05) is 0 Å². The Bertz CT molecular complexity index is 2650. The minimum atomic E-state index is -4.64. The first-order chi connectivity index (χ1) is 42.6. The number of rotatable bonds is 38. The zero-order chi connectivity index (χ0) is 77.7. The van der Waals surface area contributed by atoms with E-state index in [0.29, 0.717) is 44.9 Å². The molecular formula is C53H113O35P7. The molecule has 5 atom stereocenters. The quantitative estimate of drug-likeness (QED) is 0.0202. The summed E-state index contributed by atoms with van der Waals surface area (Å²) in [5, 5.41) is 49.8. The molecule has 0 aliphatic carbocycles. The number of hydrogen-bond donors (Lipinski definition) is 19. The van der Waals surface area contributed by atoms with Crippen LogP contribution < -0.4 is 0 Å². The van der Waals surface area contributed by atoms with Gasteiger partial charge in [0.1, 0.15) is 6.16 Å². The Labute approximate surface area is 556 Å². The van der Waals surface area contributed by atoms with Gasteiger partial charge in [-0.15, -0.1) is 0 Å². The topological polar surface area (TPSA) is 642 Å². The third-order valence-corrected chi connectivity index (χ3v) is 26.3. The molecule has 19 N–H and O–H groups in total. The van der Waals surface area contributed by atoms with Crippen molar-refractivity contribution >= 4 is 95.0 Å².